The summed E-state index contributed by atoms with van der Waals surface area (Å²) in [4.78, 5) is 11.7. The second kappa shape index (κ2) is 11.6. The smallest absolute Gasteiger partial charge is 0.417 e. The number of methoxy groups -OCH3 is 1. The quantitative estimate of drug-likeness (QED) is 0.197. The van der Waals surface area contributed by atoms with E-state index in [0.29, 0.717) is 30.0 Å². The molecule has 4 aliphatic heterocycles. The van der Waals surface area contributed by atoms with Crippen molar-refractivity contribution in [2.24, 2.45) is 0 Å². The maximum atomic E-state index is 16.3. The fourth-order valence-corrected chi connectivity index (χ4v) is 8.27. The molecule has 4 aromatic rings. The monoisotopic (exact) mass is 694 g/mol. The number of nitrogens with two attached hydrogens (primary N) is 1. The van der Waals surface area contributed by atoms with E-state index in [2.05, 4.69) is 14.9 Å². The third-order valence-corrected chi connectivity index (χ3v) is 10.4. The predicted molar refractivity (Wildman–Crippen MR) is 163 cm³/mol. The number of fused-ring (bicyclic) bond motifs is 5. The number of morpholine rings is 1. The summed E-state index contributed by atoms with van der Waals surface area (Å²) in [6.45, 7) is 1.89. The van der Waals surface area contributed by atoms with Gasteiger partial charge in [-0.2, -0.15) is 28.4 Å². The molecule has 0 aliphatic carbocycles. The lowest BCUT2D eigenvalue weighted by Gasteiger charge is -2.36. The number of nitrogen functional groups attached to an aromatic ring is 1. The van der Waals surface area contributed by atoms with Crippen molar-refractivity contribution in [3.63, 3.8) is 0 Å². The van der Waals surface area contributed by atoms with Crippen LogP contribution in [0.15, 0.2) is 18.2 Å². The lowest BCUT2D eigenvalue weighted by Crippen LogP contribution is -2.53. The van der Waals surface area contributed by atoms with Crippen molar-refractivity contribution in [2.75, 3.05) is 37.4 Å². The molecular formula is C31H28F6N6O4S. The zero-order valence-electron chi connectivity index (χ0n) is 25.2. The number of thiophene rings is 1. The van der Waals surface area contributed by atoms with Crippen LogP contribution >= 0.6 is 11.3 Å². The van der Waals surface area contributed by atoms with E-state index in [-0.39, 0.29) is 44.8 Å². The highest BCUT2D eigenvalue weighted by molar-refractivity contribution is 7.23. The molecule has 4 fully saturated rings. The van der Waals surface area contributed by atoms with Crippen molar-refractivity contribution >= 4 is 43.1 Å². The first-order chi connectivity index (χ1) is 22.7. The maximum Gasteiger partial charge on any atom is 0.417 e. The summed E-state index contributed by atoms with van der Waals surface area (Å²) in [5.74, 6) is -5.10. The van der Waals surface area contributed by atoms with Crippen LogP contribution in [-0.4, -0.2) is 82.2 Å². The van der Waals surface area contributed by atoms with Crippen LogP contribution in [0.2, 0.25) is 0 Å². The Morgan fingerprint density at radius 2 is 1.96 bits per heavy atom. The zero-order chi connectivity index (χ0) is 34.3. The first kappa shape index (κ1) is 32.6. The van der Waals surface area contributed by atoms with Crippen LogP contribution in [0, 0.1) is 23.0 Å². The van der Waals surface area contributed by atoms with E-state index >= 15 is 4.39 Å². The van der Waals surface area contributed by atoms with Gasteiger partial charge < -0.3 is 30.3 Å². The fourth-order valence-electron chi connectivity index (χ4n) is 7.32. The van der Waals surface area contributed by atoms with E-state index in [1.54, 1.807) is 6.07 Å². The molecule has 2 aromatic carbocycles. The predicted octanol–water partition coefficient (Wildman–Crippen LogP) is 5.08. The van der Waals surface area contributed by atoms with Crippen molar-refractivity contribution in [3.8, 4) is 23.2 Å². The average molecular weight is 695 g/mol. The molecule has 2 bridgehead atoms. The molecule has 0 amide bonds. The van der Waals surface area contributed by atoms with E-state index in [1.165, 1.54) is 24.9 Å². The van der Waals surface area contributed by atoms with Crippen LogP contribution < -0.4 is 15.4 Å². The molecule has 0 spiro atoms. The van der Waals surface area contributed by atoms with Crippen LogP contribution in [0.5, 0.6) is 6.01 Å². The Balaban J connectivity index is 0.000000347. The minimum absolute atomic E-state index is 0.0336. The molecule has 2 aromatic heterocycles. The molecule has 4 unspecified atom stereocenters. The second-order valence-electron chi connectivity index (χ2n) is 12.2. The van der Waals surface area contributed by atoms with Crippen LogP contribution in [0.1, 0.15) is 36.8 Å². The molecule has 254 valence electrons. The molecule has 4 saturated heterocycles. The highest BCUT2D eigenvalue weighted by atomic mass is 32.1. The van der Waals surface area contributed by atoms with E-state index in [4.69, 9.17) is 15.2 Å². The number of hydrogen-bond acceptors (Lipinski definition) is 11. The highest BCUT2D eigenvalue weighted by Gasteiger charge is 2.56. The van der Waals surface area contributed by atoms with Gasteiger partial charge in [0.15, 0.2) is 5.82 Å². The topological polar surface area (TPSA) is 141 Å². The highest BCUT2D eigenvalue weighted by Crippen LogP contribution is 2.49. The summed E-state index contributed by atoms with van der Waals surface area (Å²) in [7, 11) is 1.17. The van der Waals surface area contributed by atoms with Crippen LogP contribution in [0.3, 0.4) is 0 Å². The summed E-state index contributed by atoms with van der Waals surface area (Å²) in [5, 5.41) is 29.3. The first-order valence-corrected chi connectivity index (χ1v) is 15.9. The van der Waals surface area contributed by atoms with Gasteiger partial charge in [-0.05, 0) is 43.5 Å². The number of nitrogens with zero attached hydrogens (tertiary/aromatic N) is 5. The van der Waals surface area contributed by atoms with Crippen LogP contribution in [0.4, 0.5) is 37.2 Å². The SMILES string of the molecule is COc1nc(N2CC3CC2C(O)(O)O3)c2cc(C(F)(F)F)c(-c3ccc(F)c4sc(N)c(C#N)c34)c(F)c2n1.FC1CC2CCCN2C1. The molecule has 0 radical (unpaired) electrons. The van der Waals surface area contributed by atoms with Gasteiger partial charge in [0.25, 0.3) is 5.97 Å². The third kappa shape index (κ3) is 5.26. The normalized spacial score (nSPS) is 24.6. The standard InChI is InChI=1S/C24H16F5N5O4S.C7H12FN/c1-37-22-32-18-10(21(33-22)34-7-8-4-14(34)24(35,36)38-8)5-12(23(27,28)29)16(17(18)26)9-2-3-13(25)19-15(9)11(6-30)20(31)39-19;8-6-4-7-2-1-3-9(7)5-6/h2-3,5,8,14,35-36H,4,7,31H2,1H3;6-7H,1-5H2. The van der Waals surface area contributed by atoms with Gasteiger partial charge in [0, 0.05) is 41.9 Å². The van der Waals surface area contributed by atoms with Gasteiger partial charge in [0.05, 0.1) is 29.0 Å². The number of alkyl halides is 4. The molecule has 4 N–H and O–H groups in total. The average Bonchev–Trinajstić information content (AvgIpc) is 3.83. The van der Waals surface area contributed by atoms with E-state index in [1.807, 2.05) is 0 Å². The summed E-state index contributed by atoms with van der Waals surface area (Å²) in [6, 6.07) is 3.33. The molecule has 48 heavy (non-hydrogen) atoms. The van der Waals surface area contributed by atoms with Crippen LogP contribution in [0.25, 0.3) is 32.1 Å². The third-order valence-electron chi connectivity index (χ3n) is 9.35. The summed E-state index contributed by atoms with van der Waals surface area (Å²) < 4.78 is 97.1. The second-order valence-corrected chi connectivity index (χ2v) is 13.3. The molecule has 4 aliphatic rings. The number of anilines is 2. The number of hydrogen-bond donors (Lipinski definition) is 3. The largest absolute Gasteiger partial charge is 0.467 e. The lowest BCUT2D eigenvalue weighted by molar-refractivity contribution is -0.339. The van der Waals surface area contributed by atoms with Crippen molar-refractivity contribution in [2.45, 2.75) is 62.2 Å². The number of benzene rings is 2. The van der Waals surface area contributed by atoms with E-state index < -0.39 is 70.3 Å². The van der Waals surface area contributed by atoms with Crippen molar-refractivity contribution in [1.82, 2.24) is 14.9 Å². The number of ether oxygens (including phenoxy) is 2. The summed E-state index contributed by atoms with van der Waals surface area (Å²) in [6.07, 6.45) is -2.83. The van der Waals surface area contributed by atoms with Crippen molar-refractivity contribution in [1.29, 1.82) is 5.26 Å². The van der Waals surface area contributed by atoms with Gasteiger partial charge in [-0.25, -0.2) is 13.2 Å². The Morgan fingerprint density at radius 1 is 1.19 bits per heavy atom. The Hall–Kier alpha value is -3.95. The lowest BCUT2D eigenvalue weighted by atomic mass is 9.92. The Kier molecular flexibility index (Phi) is 7.87. The molecule has 0 saturated carbocycles. The van der Waals surface area contributed by atoms with E-state index in [0.717, 1.165) is 25.1 Å². The Labute approximate surface area is 272 Å². The van der Waals surface area contributed by atoms with Crippen molar-refractivity contribution in [3.05, 3.63) is 41.0 Å². The Bertz CT molecular complexity index is 1970. The molecule has 8 rings (SSSR count). The number of aromatic nitrogens is 2. The van der Waals surface area contributed by atoms with Gasteiger partial charge in [-0.15, -0.1) is 11.3 Å². The number of halogens is 6. The zero-order valence-corrected chi connectivity index (χ0v) is 26.0. The molecule has 6 heterocycles. The number of aliphatic hydroxyl groups is 2. The van der Waals surface area contributed by atoms with Gasteiger partial charge in [-0.3, -0.25) is 4.90 Å². The van der Waals surface area contributed by atoms with Gasteiger partial charge >= 0.3 is 12.2 Å². The maximum absolute atomic E-state index is 16.3. The van der Waals surface area contributed by atoms with Gasteiger partial charge in [-0.1, -0.05) is 6.07 Å². The number of rotatable bonds is 3. The number of nitriles is 1. The van der Waals surface area contributed by atoms with Crippen molar-refractivity contribution < 1.29 is 46.0 Å². The van der Waals surface area contributed by atoms with Crippen LogP contribution in [-0.2, 0) is 10.9 Å². The molecular weight excluding hydrogens is 666 g/mol. The molecule has 17 heteroatoms. The fraction of sp³-hybridized carbons (Fsp3) is 0.452. The molecule has 4 atom stereocenters. The summed E-state index contributed by atoms with van der Waals surface area (Å²) >= 11 is 0.659. The van der Waals surface area contributed by atoms with Gasteiger partial charge in [0.2, 0.25) is 0 Å². The van der Waals surface area contributed by atoms with E-state index in [9.17, 15) is 37.4 Å². The Morgan fingerprint density at radius 3 is 2.60 bits per heavy atom. The minimum atomic E-state index is -5.12. The van der Waals surface area contributed by atoms with Gasteiger partial charge in [0.1, 0.15) is 40.4 Å². The summed E-state index contributed by atoms with van der Waals surface area (Å²) in [5.41, 5.74) is 2.17. The first-order valence-electron chi connectivity index (χ1n) is 15.1. The molecule has 10 nitrogen and oxygen atoms in total. The minimum Gasteiger partial charge on any atom is -0.467 e.